The molecule has 2 rings (SSSR count). The highest BCUT2D eigenvalue weighted by atomic mass is 16.4. The molecule has 0 saturated heterocycles. The Morgan fingerprint density at radius 3 is 2.73 bits per heavy atom. The number of hydrogen-bond donors (Lipinski definition) is 1. The van der Waals surface area contributed by atoms with Crippen LogP contribution in [0.2, 0.25) is 0 Å². The molecule has 2 heterocycles. The summed E-state index contributed by atoms with van der Waals surface area (Å²) in [5.74, 6) is 3.83. The lowest BCUT2D eigenvalue weighted by atomic mass is 10.0. The Morgan fingerprint density at radius 1 is 1.36 bits per heavy atom. The van der Waals surface area contributed by atoms with Gasteiger partial charge in [-0.05, 0) is 0 Å². The summed E-state index contributed by atoms with van der Waals surface area (Å²) in [6.07, 6.45) is 8.10. The van der Waals surface area contributed by atoms with Crippen LogP contribution in [0.1, 0.15) is 57.2 Å². The summed E-state index contributed by atoms with van der Waals surface area (Å²) in [5, 5.41) is 18.8. The van der Waals surface area contributed by atoms with Gasteiger partial charge in [0.2, 0.25) is 17.7 Å². The third-order valence-corrected chi connectivity index (χ3v) is 3.44. The average molecular weight is 303 g/mol. The molecule has 0 spiro atoms. The minimum absolute atomic E-state index is 0.0444. The minimum atomic E-state index is -0.349. The maximum absolute atomic E-state index is 11.8. The number of carbonyl (C=O) groups is 1. The average Bonchev–Trinajstić information content (AvgIpc) is 3.09. The smallest absolute Gasteiger partial charge is 0.220 e. The van der Waals surface area contributed by atoms with Crippen molar-refractivity contribution in [1.82, 2.24) is 15.5 Å². The Bertz CT molecular complexity index is 579. The molecule has 0 bridgehead atoms. The fourth-order valence-electron chi connectivity index (χ4n) is 1.98. The summed E-state index contributed by atoms with van der Waals surface area (Å²) < 4.78 is 5.46. The van der Waals surface area contributed by atoms with E-state index < -0.39 is 0 Å². The van der Waals surface area contributed by atoms with Crippen LogP contribution in [0, 0.1) is 12.3 Å². The van der Waals surface area contributed by atoms with Gasteiger partial charge in [0.15, 0.2) is 5.66 Å². The molecule has 7 nitrogen and oxygen atoms in total. The Morgan fingerprint density at radius 2 is 2.14 bits per heavy atom. The molecule has 7 heteroatoms. The van der Waals surface area contributed by atoms with E-state index in [0.29, 0.717) is 44.0 Å². The first-order valence-corrected chi connectivity index (χ1v) is 7.51. The fraction of sp³-hybridized carbons (Fsp3) is 0.667. The van der Waals surface area contributed by atoms with Crippen LogP contribution in [0.4, 0.5) is 0 Å². The van der Waals surface area contributed by atoms with Crippen molar-refractivity contribution in [2.75, 3.05) is 6.54 Å². The first-order valence-electron chi connectivity index (χ1n) is 7.51. The van der Waals surface area contributed by atoms with Gasteiger partial charge < -0.3 is 9.73 Å². The zero-order valence-electron chi connectivity index (χ0n) is 13.0. The van der Waals surface area contributed by atoms with Gasteiger partial charge in [-0.25, -0.2) is 0 Å². The molecule has 22 heavy (non-hydrogen) atoms. The summed E-state index contributed by atoms with van der Waals surface area (Å²) in [6.45, 7) is 4.50. The van der Waals surface area contributed by atoms with Gasteiger partial charge in [0, 0.05) is 44.6 Å². The number of hydrogen-bond acceptors (Lipinski definition) is 6. The van der Waals surface area contributed by atoms with Crippen molar-refractivity contribution < 1.29 is 9.21 Å². The number of terminal acetylenes is 1. The Kier molecular flexibility index (Phi) is 5.26. The van der Waals surface area contributed by atoms with Crippen molar-refractivity contribution in [2.24, 2.45) is 10.2 Å². The van der Waals surface area contributed by atoms with E-state index in [-0.39, 0.29) is 17.5 Å². The Labute approximate surface area is 130 Å². The van der Waals surface area contributed by atoms with Gasteiger partial charge in [-0.1, -0.05) is 13.8 Å². The quantitative estimate of drug-likeness (QED) is 0.708. The maximum atomic E-state index is 11.8. The van der Waals surface area contributed by atoms with Crippen molar-refractivity contribution in [3.05, 3.63) is 11.8 Å². The number of nitrogens with one attached hydrogen (secondary N) is 1. The summed E-state index contributed by atoms with van der Waals surface area (Å²) in [5.41, 5.74) is -0.349. The van der Waals surface area contributed by atoms with Crippen LogP contribution < -0.4 is 5.32 Å². The van der Waals surface area contributed by atoms with Crippen LogP contribution in [-0.2, 0) is 11.2 Å². The molecule has 1 aromatic rings. The zero-order valence-corrected chi connectivity index (χ0v) is 13.0. The first-order chi connectivity index (χ1) is 10.5. The van der Waals surface area contributed by atoms with Crippen LogP contribution in [0.5, 0.6) is 0 Å². The highest BCUT2D eigenvalue weighted by Gasteiger charge is 2.38. The van der Waals surface area contributed by atoms with Gasteiger partial charge in [-0.2, -0.15) is 10.2 Å². The second-order valence-electron chi connectivity index (χ2n) is 5.68. The predicted molar refractivity (Wildman–Crippen MR) is 80.0 cm³/mol. The predicted octanol–water partition coefficient (Wildman–Crippen LogP) is 2.21. The van der Waals surface area contributed by atoms with Crippen LogP contribution in [-0.4, -0.2) is 28.3 Å². The number of aromatic nitrogens is 2. The molecular formula is C15H21N5O2. The second kappa shape index (κ2) is 7.16. The van der Waals surface area contributed by atoms with E-state index in [2.05, 4.69) is 31.7 Å². The van der Waals surface area contributed by atoms with Crippen LogP contribution >= 0.6 is 0 Å². The largest absolute Gasteiger partial charge is 0.425 e. The standard InChI is InChI=1S/C15H21N5O2/c1-4-5-8-15(19-20-15)9-10-16-12(21)6-7-13-17-18-14(22-13)11(2)3/h1,11H,5-10H2,2-3H3,(H,16,21). The van der Waals surface area contributed by atoms with Gasteiger partial charge in [0.25, 0.3) is 0 Å². The van der Waals surface area contributed by atoms with E-state index >= 15 is 0 Å². The molecule has 1 amide bonds. The van der Waals surface area contributed by atoms with E-state index in [0.717, 1.165) is 6.42 Å². The molecule has 0 atom stereocenters. The third kappa shape index (κ3) is 4.65. The van der Waals surface area contributed by atoms with Crippen LogP contribution in [0.25, 0.3) is 0 Å². The maximum Gasteiger partial charge on any atom is 0.220 e. The molecule has 1 N–H and O–H groups in total. The van der Waals surface area contributed by atoms with Crippen molar-refractivity contribution in [2.45, 2.75) is 57.5 Å². The van der Waals surface area contributed by atoms with Crippen molar-refractivity contribution in [1.29, 1.82) is 0 Å². The number of rotatable bonds is 9. The second-order valence-corrected chi connectivity index (χ2v) is 5.68. The minimum Gasteiger partial charge on any atom is -0.425 e. The number of aryl methyl sites for hydroxylation is 1. The van der Waals surface area contributed by atoms with E-state index in [1.807, 2.05) is 13.8 Å². The molecule has 0 unspecified atom stereocenters. The lowest BCUT2D eigenvalue weighted by Crippen LogP contribution is -2.28. The van der Waals surface area contributed by atoms with Crippen LogP contribution in [0.15, 0.2) is 14.6 Å². The Hall–Kier alpha value is -2.23. The van der Waals surface area contributed by atoms with Crippen molar-refractivity contribution >= 4 is 5.91 Å². The normalized spacial score (nSPS) is 14.8. The van der Waals surface area contributed by atoms with Crippen LogP contribution in [0.3, 0.4) is 0 Å². The van der Waals surface area contributed by atoms with E-state index in [4.69, 9.17) is 10.8 Å². The molecule has 1 aliphatic heterocycles. The zero-order chi connectivity index (χ0) is 16.0. The van der Waals surface area contributed by atoms with Gasteiger partial charge >= 0.3 is 0 Å². The highest BCUT2D eigenvalue weighted by Crippen LogP contribution is 2.35. The van der Waals surface area contributed by atoms with Gasteiger partial charge in [0.05, 0.1) is 0 Å². The number of amides is 1. The van der Waals surface area contributed by atoms with Crippen molar-refractivity contribution in [3.8, 4) is 12.3 Å². The van der Waals surface area contributed by atoms with Gasteiger partial charge in [0.1, 0.15) is 0 Å². The number of nitrogens with zero attached hydrogens (tertiary/aromatic N) is 4. The van der Waals surface area contributed by atoms with E-state index in [9.17, 15) is 4.79 Å². The molecule has 0 aromatic carbocycles. The molecule has 0 fully saturated rings. The van der Waals surface area contributed by atoms with E-state index in [1.54, 1.807) is 0 Å². The topological polar surface area (TPSA) is 92.7 Å². The first kappa shape index (κ1) is 16.1. The summed E-state index contributed by atoms with van der Waals surface area (Å²) >= 11 is 0. The third-order valence-electron chi connectivity index (χ3n) is 3.44. The Balaban J connectivity index is 1.63. The molecule has 0 aliphatic carbocycles. The molecule has 0 radical (unpaired) electrons. The van der Waals surface area contributed by atoms with Gasteiger partial charge in [-0.15, -0.1) is 22.5 Å². The lowest BCUT2D eigenvalue weighted by molar-refractivity contribution is -0.121. The highest BCUT2D eigenvalue weighted by molar-refractivity contribution is 5.75. The molecule has 118 valence electrons. The monoisotopic (exact) mass is 303 g/mol. The summed E-state index contributed by atoms with van der Waals surface area (Å²) in [7, 11) is 0. The summed E-state index contributed by atoms with van der Waals surface area (Å²) in [4.78, 5) is 11.8. The van der Waals surface area contributed by atoms with Crippen molar-refractivity contribution in [3.63, 3.8) is 0 Å². The molecule has 0 saturated carbocycles. The fourth-order valence-corrected chi connectivity index (χ4v) is 1.98. The SMILES string of the molecule is C#CCCC1(CCNC(=O)CCc2nnc(C(C)C)o2)N=N1. The molecule has 1 aromatic heterocycles. The number of carbonyl (C=O) groups excluding carboxylic acids is 1. The molecular weight excluding hydrogens is 282 g/mol. The summed E-state index contributed by atoms with van der Waals surface area (Å²) in [6, 6.07) is 0. The van der Waals surface area contributed by atoms with E-state index in [1.165, 1.54) is 0 Å². The lowest BCUT2D eigenvalue weighted by Gasteiger charge is -2.09. The van der Waals surface area contributed by atoms with Gasteiger partial charge in [-0.3, -0.25) is 4.79 Å². The molecule has 1 aliphatic rings.